The van der Waals surface area contributed by atoms with Crippen molar-refractivity contribution >= 4 is 23.2 Å². The Morgan fingerprint density at radius 3 is 2.44 bits per heavy atom. The van der Waals surface area contributed by atoms with E-state index in [-0.39, 0.29) is 0 Å². The Balaban J connectivity index is 2.11. The molecule has 0 aliphatic carbocycles. The number of hydrogen-bond acceptors (Lipinski definition) is 2. The molecule has 2 rings (SSSR count). The molecular formula is C14H15NS. The van der Waals surface area contributed by atoms with Crippen LogP contribution in [0.25, 0.3) is 0 Å². The summed E-state index contributed by atoms with van der Waals surface area (Å²) >= 11 is 1.70. The molecule has 0 saturated heterocycles. The van der Waals surface area contributed by atoms with E-state index in [9.17, 15) is 0 Å². The number of thiophene rings is 1. The van der Waals surface area contributed by atoms with Crippen molar-refractivity contribution in [1.82, 2.24) is 0 Å². The molecule has 0 saturated carbocycles. The Kier molecular flexibility index (Phi) is 3.52. The fraction of sp³-hybridized carbons (Fsp3) is 0.214. The Morgan fingerprint density at radius 2 is 1.88 bits per heavy atom. The van der Waals surface area contributed by atoms with Gasteiger partial charge in [-0.25, -0.2) is 0 Å². The summed E-state index contributed by atoms with van der Waals surface area (Å²) in [5.74, 6) is 0.579. The van der Waals surface area contributed by atoms with Crippen molar-refractivity contribution in [2.24, 2.45) is 4.99 Å². The monoisotopic (exact) mass is 229 g/mol. The van der Waals surface area contributed by atoms with Gasteiger partial charge in [0.2, 0.25) is 0 Å². The van der Waals surface area contributed by atoms with Crippen LogP contribution >= 0.6 is 11.3 Å². The largest absolute Gasteiger partial charge is 0.255 e. The molecule has 0 aliphatic heterocycles. The third kappa shape index (κ3) is 2.80. The van der Waals surface area contributed by atoms with Gasteiger partial charge in [0.25, 0.3) is 0 Å². The summed E-state index contributed by atoms with van der Waals surface area (Å²) in [6, 6.07) is 12.5. The van der Waals surface area contributed by atoms with Gasteiger partial charge in [0.1, 0.15) is 0 Å². The normalized spacial score (nSPS) is 11.4. The van der Waals surface area contributed by atoms with E-state index < -0.39 is 0 Å². The minimum absolute atomic E-state index is 0.579. The second-order valence-electron chi connectivity index (χ2n) is 4.02. The van der Waals surface area contributed by atoms with Crippen molar-refractivity contribution in [3.63, 3.8) is 0 Å². The van der Waals surface area contributed by atoms with Crippen molar-refractivity contribution in [2.45, 2.75) is 19.8 Å². The van der Waals surface area contributed by atoms with E-state index in [0.29, 0.717) is 5.92 Å². The van der Waals surface area contributed by atoms with Gasteiger partial charge in [0.15, 0.2) is 0 Å². The van der Waals surface area contributed by atoms with E-state index in [2.05, 4.69) is 54.6 Å². The number of hydrogen-bond donors (Lipinski definition) is 0. The summed E-state index contributed by atoms with van der Waals surface area (Å²) in [5.41, 5.74) is 2.37. The first-order valence-electron chi connectivity index (χ1n) is 5.43. The van der Waals surface area contributed by atoms with Crippen LogP contribution in [0, 0.1) is 0 Å². The number of aliphatic imine (C=N–C) groups is 1. The van der Waals surface area contributed by atoms with E-state index in [1.807, 2.05) is 12.3 Å². The molecule has 0 aliphatic rings. The summed E-state index contributed by atoms with van der Waals surface area (Å²) in [5, 5.41) is 2.06. The first-order valence-corrected chi connectivity index (χ1v) is 6.31. The molecule has 0 N–H and O–H groups in total. The summed E-state index contributed by atoms with van der Waals surface area (Å²) < 4.78 is 0. The average molecular weight is 229 g/mol. The van der Waals surface area contributed by atoms with E-state index in [1.165, 1.54) is 10.4 Å². The van der Waals surface area contributed by atoms with Crippen LogP contribution in [0.4, 0.5) is 5.69 Å². The Hall–Kier alpha value is -1.41. The molecule has 0 spiro atoms. The van der Waals surface area contributed by atoms with Crippen LogP contribution in [0.3, 0.4) is 0 Å². The minimum Gasteiger partial charge on any atom is -0.255 e. The molecule has 2 heteroatoms. The van der Waals surface area contributed by atoms with Crippen LogP contribution in [-0.4, -0.2) is 6.21 Å². The van der Waals surface area contributed by atoms with Crippen LogP contribution in [-0.2, 0) is 0 Å². The van der Waals surface area contributed by atoms with Crippen LogP contribution in [0.15, 0.2) is 46.8 Å². The zero-order valence-electron chi connectivity index (χ0n) is 9.55. The van der Waals surface area contributed by atoms with Gasteiger partial charge in [-0.05, 0) is 35.1 Å². The zero-order valence-corrected chi connectivity index (χ0v) is 10.4. The molecule has 1 aromatic heterocycles. The van der Waals surface area contributed by atoms with Crippen molar-refractivity contribution in [3.8, 4) is 0 Å². The van der Waals surface area contributed by atoms with Gasteiger partial charge in [-0.15, -0.1) is 11.3 Å². The molecule has 1 heterocycles. The topological polar surface area (TPSA) is 12.4 Å². The second-order valence-corrected chi connectivity index (χ2v) is 5.00. The number of benzene rings is 1. The second kappa shape index (κ2) is 5.08. The highest BCUT2D eigenvalue weighted by atomic mass is 32.1. The molecule has 0 unspecified atom stereocenters. The minimum atomic E-state index is 0.579. The lowest BCUT2D eigenvalue weighted by atomic mass is 10.0. The van der Waals surface area contributed by atoms with Gasteiger partial charge in [-0.3, -0.25) is 4.99 Å². The summed E-state index contributed by atoms with van der Waals surface area (Å²) in [7, 11) is 0. The number of rotatable bonds is 3. The zero-order chi connectivity index (χ0) is 11.4. The van der Waals surface area contributed by atoms with E-state index >= 15 is 0 Å². The molecule has 0 atom stereocenters. The maximum atomic E-state index is 4.43. The van der Waals surface area contributed by atoms with E-state index in [0.717, 1.165) is 5.69 Å². The fourth-order valence-corrected chi connectivity index (χ4v) is 2.03. The predicted molar refractivity (Wildman–Crippen MR) is 72.1 cm³/mol. The quantitative estimate of drug-likeness (QED) is 0.681. The molecular weight excluding hydrogens is 214 g/mol. The van der Waals surface area contributed by atoms with E-state index in [1.54, 1.807) is 11.3 Å². The first kappa shape index (κ1) is 11.1. The summed E-state index contributed by atoms with van der Waals surface area (Å²) in [6.45, 7) is 4.40. The molecule has 1 nitrogen and oxygen atoms in total. The fourth-order valence-electron chi connectivity index (χ4n) is 1.45. The van der Waals surface area contributed by atoms with Crippen molar-refractivity contribution in [3.05, 3.63) is 52.2 Å². The standard InChI is InChI=1S/C14H15NS/c1-11(2)12-5-7-13(8-6-12)15-10-14-4-3-9-16-14/h3-11H,1-2H3. The summed E-state index contributed by atoms with van der Waals surface area (Å²) in [6.07, 6.45) is 1.91. The molecule has 0 bridgehead atoms. The highest BCUT2D eigenvalue weighted by Gasteiger charge is 1.97. The molecule has 0 amide bonds. The molecule has 16 heavy (non-hydrogen) atoms. The van der Waals surface area contributed by atoms with Crippen molar-refractivity contribution in [1.29, 1.82) is 0 Å². The predicted octanol–water partition coefficient (Wildman–Crippen LogP) is 4.62. The number of nitrogens with zero attached hydrogens (tertiary/aromatic N) is 1. The SMILES string of the molecule is CC(C)c1ccc(N=Cc2cccs2)cc1. The average Bonchev–Trinajstić information content (AvgIpc) is 2.80. The highest BCUT2D eigenvalue weighted by molar-refractivity contribution is 7.11. The van der Waals surface area contributed by atoms with Crippen molar-refractivity contribution in [2.75, 3.05) is 0 Å². The van der Waals surface area contributed by atoms with Gasteiger partial charge in [-0.2, -0.15) is 0 Å². The smallest absolute Gasteiger partial charge is 0.0630 e. The van der Waals surface area contributed by atoms with Gasteiger partial charge >= 0.3 is 0 Å². The lowest BCUT2D eigenvalue weighted by Crippen LogP contribution is -1.84. The molecule has 82 valence electrons. The van der Waals surface area contributed by atoms with Crippen LogP contribution in [0.1, 0.15) is 30.2 Å². The summed E-state index contributed by atoms with van der Waals surface area (Å²) in [4.78, 5) is 5.62. The van der Waals surface area contributed by atoms with E-state index in [4.69, 9.17) is 0 Å². The van der Waals surface area contributed by atoms with Crippen LogP contribution < -0.4 is 0 Å². The van der Waals surface area contributed by atoms with Crippen LogP contribution in [0.5, 0.6) is 0 Å². The third-order valence-electron chi connectivity index (χ3n) is 2.44. The Labute approximate surface area is 100 Å². The van der Waals surface area contributed by atoms with Gasteiger partial charge < -0.3 is 0 Å². The van der Waals surface area contributed by atoms with Crippen LogP contribution in [0.2, 0.25) is 0 Å². The highest BCUT2D eigenvalue weighted by Crippen LogP contribution is 2.19. The molecule has 0 fully saturated rings. The lowest BCUT2D eigenvalue weighted by molar-refractivity contribution is 0.867. The van der Waals surface area contributed by atoms with Gasteiger partial charge in [0.05, 0.1) is 5.69 Å². The maximum Gasteiger partial charge on any atom is 0.0630 e. The van der Waals surface area contributed by atoms with Gasteiger partial charge in [-0.1, -0.05) is 32.0 Å². The maximum absolute atomic E-state index is 4.43. The van der Waals surface area contributed by atoms with Gasteiger partial charge in [0, 0.05) is 11.1 Å². The molecule has 0 radical (unpaired) electrons. The first-order chi connectivity index (χ1) is 7.75. The lowest BCUT2D eigenvalue weighted by Gasteiger charge is -2.04. The molecule has 1 aromatic carbocycles. The molecule has 2 aromatic rings. The Morgan fingerprint density at radius 1 is 1.12 bits per heavy atom. The van der Waals surface area contributed by atoms with Crippen molar-refractivity contribution < 1.29 is 0 Å². The Bertz CT molecular complexity index is 452. The third-order valence-corrected chi connectivity index (χ3v) is 3.25.